The van der Waals surface area contributed by atoms with Gasteiger partial charge < -0.3 is 10.7 Å². The highest BCUT2D eigenvalue weighted by Gasteiger charge is 2.03. The van der Waals surface area contributed by atoms with Crippen molar-refractivity contribution < 1.29 is 0 Å². The summed E-state index contributed by atoms with van der Waals surface area (Å²) in [6.45, 7) is 0.626. The summed E-state index contributed by atoms with van der Waals surface area (Å²) in [6, 6.07) is 17.0. The number of hydrogen-bond acceptors (Lipinski definition) is 2. The third-order valence-corrected chi connectivity index (χ3v) is 3.52. The third-order valence-electron chi connectivity index (χ3n) is 3.52. The molecule has 1 heterocycles. The fourth-order valence-electron chi connectivity index (χ4n) is 2.45. The number of hydrogen-bond donors (Lipinski definition) is 2. The first-order chi connectivity index (χ1) is 9.85. The van der Waals surface area contributed by atoms with E-state index in [2.05, 4.69) is 58.5 Å². The number of imidazole rings is 1. The minimum absolute atomic E-state index is 0. The number of rotatable bonds is 5. The predicted octanol–water partition coefficient (Wildman–Crippen LogP) is 3.69. The third kappa shape index (κ3) is 4.47. The molecule has 0 aliphatic rings. The lowest BCUT2D eigenvalue weighted by Gasteiger charge is -2.02. The molecular formula is C17H21Cl2N3. The second-order valence-corrected chi connectivity index (χ2v) is 5.06. The van der Waals surface area contributed by atoms with Crippen LogP contribution in [0, 0.1) is 0 Å². The summed E-state index contributed by atoms with van der Waals surface area (Å²) in [5.74, 6) is 0.975. The highest BCUT2D eigenvalue weighted by atomic mass is 35.5. The van der Waals surface area contributed by atoms with E-state index < -0.39 is 0 Å². The van der Waals surface area contributed by atoms with Crippen molar-refractivity contribution in [3.05, 3.63) is 65.5 Å². The lowest BCUT2D eigenvalue weighted by atomic mass is 10.0. The average molecular weight is 338 g/mol. The Bertz CT molecular complexity index is 695. The van der Waals surface area contributed by atoms with Crippen LogP contribution in [-0.4, -0.2) is 16.5 Å². The molecule has 118 valence electrons. The fourth-order valence-corrected chi connectivity index (χ4v) is 2.45. The standard InChI is InChI=1S/C17H19N3.2ClH/c18-11-10-17-19-15-9-8-14(12-16(15)20-17)7-6-13-4-2-1-3-5-13;;/h1-5,8-9,12H,6-7,10-11,18H2,(H,19,20);2*1H. The van der Waals surface area contributed by atoms with Gasteiger partial charge in [0, 0.05) is 6.42 Å². The first-order valence-electron chi connectivity index (χ1n) is 7.06. The van der Waals surface area contributed by atoms with E-state index in [-0.39, 0.29) is 24.8 Å². The van der Waals surface area contributed by atoms with Crippen molar-refractivity contribution >= 4 is 35.8 Å². The van der Waals surface area contributed by atoms with Gasteiger partial charge in [-0.3, -0.25) is 0 Å². The molecule has 0 saturated heterocycles. The summed E-state index contributed by atoms with van der Waals surface area (Å²) >= 11 is 0. The minimum atomic E-state index is 0. The molecule has 0 unspecified atom stereocenters. The van der Waals surface area contributed by atoms with Crippen molar-refractivity contribution in [3.8, 4) is 0 Å². The van der Waals surface area contributed by atoms with E-state index >= 15 is 0 Å². The molecule has 0 aliphatic heterocycles. The van der Waals surface area contributed by atoms with Crippen molar-refractivity contribution in [3.63, 3.8) is 0 Å². The van der Waals surface area contributed by atoms with Crippen LogP contribution in [0.5, 0.6) is 0 Å². The van der Waals surface area contributed by atoms with Gasteiger partial charge in [0.25, 0.3) is 0 Å². The Morgan fingerprint density at radius 2 is 1.59 bits per heavy atom. The molecular weight excluding hydrogens is 317 g/mol. The summed E-state index contributed by atoms with van der Waals surface area (Å²) in [6.07, 6.45) is 2.91. The fraction of sp³-hybridized carbons (Fsp3) is 0.235. The number of benzene rings is 2. The zero-order chi connectivity index (χ0) is 13.8. The molecule has 0 radical (unpaired) electrons. The molecule has 22 heavy (non-hydrogen) atoms. The van der Waals surface area contributed by atoms with Crippen LogP contribution in [0.15, 0.2) is 48.5 Å². The molecule has 1 aromatic heterocycles. The van der Waals surface area contributed by atoms with Crippen molar-refractivity contribution in [2.45, 2.75) is 19.3 Å². The van der Waals surface area contributed by atoms with Gasteiger partial charge in [-0.1, -0.05) is 36.4 Å². The molecule has 3 nitrogen and oxygen atoms in total. The van der Waals surface area contributed by atoms with Gasteiger partial charge in [-0.15, -0.1) is 24.8 Å². The lowest BCUT2D eigenvalue weighted by molar-refractivity contribution is 0.900. The Morgan fingerprint density at radius 3 is 2.32 bits per heavy atom. The van der Waals surface area contributed by atoms with Crippen LogP contribution in [0.3, 0.4) is 0 Å². The summed E-state index contributed by atoms with van der Waals surface area (Å²) in [5.41, 5.74) is 10.4. The topological polar surface area (TPSA) is 54.7 Å². The van der Waals surface area contributed by atoms with Crippen LogP contribution in [0.1, 0.15) is 17.0 Å². The highest BCUT2D eigenvalue weighted by Crippen LogP contribution is 2.15. The Hall–Kier alpha value is -1.55. The molecule has 0 amide bonds. The largest absolute Gasteiger partial charge is 0.342 e. The van der Waals surface area contributed by atoms with Crippen molar-refractivity contribution in [1.82, 2.24) is 9.97 Å². The maximum atomic E-state index is 5.56. The summed E-state index contributed by atoms with van der Waals surface area (Å²) in [5, 5.41) is 0. The Labute approximate surface area is 143 Å². The van der Waals surface area contributed by atoms with Crippen LogP contribution in [0.2, 0.25) is 0 Å². The van der Waals surface area contributed by atoms with Gasteiger partial charge in [-0.2, -0.15) is 0 Å². The number of H-pyrrole nitrogens is 1. The van der Waals surface area contributed by atoms with Gasteiger partial charge in [0.15, 0.2) is 0 Å². The maximum Gasteiger partial charge on any atom is 0.108 e. The molecule has 0 bridgehead atoms. The van der Waals surface area contributed by atoms with Crippen LogP contribution < -0.4 is 5.73 Å². The van der Waals surface area contributed by atoms with E-state index in [0.29, 0.717) is 6.54 Å². The second kappa shape index (κ2) is 8.79. The molecule has 2 aromatic carbocycles. The maximum absolute atomic E-state index is 5.56. The zero-order valence-corrected chi connectivity index (χ0v) is 13.9. The Morgan fingerprint density at radius 1 is 0.864 bits per heavy atom. The number of aryl methyl sites for hydroxylation is 2. The number of nitrogens with two attached hydrogens (primary N) is 1. The first kappa shape index (κ1) is 18.5. The zero-order valence-electron chi connectivity index (χ0n) is 12.3. The number of halogens is 2. The quantitative estimate of drug-likeness (QED) is 0.745. The van der Waals surface area contributed by atoms with Gasteiger partial charge in [0.2, 0.25) is 0 Å². The first-order valence-corrected chi connectivity index (χ1v) is 7.06. The van der Waals surface area contributed by atoms with Gasteiger partial charge in [0.05, 0.1) is 11.0 Å². The molecule has 0 spiro atoms. The summed E-state index contributed by atoms with van der Waals surface area (Å²) < 4.78 is 0. The number of aromatic nitrogens is 2. The number of nitrogens with zero attached hydrogens (tertiary/aromatic N) is 1. The number of aromatic amines is 1. The van der Waals surface area contributed by atoms with E-state index in [1.54, 1.807) is 0 Å². The lowest BCUT2D eigenvalue weighted by Crippen LogP contribution is -2.03. The van der Waals surface area contributed by atoms with Crippen molar-refractivity contribution in [1.29, 1.82) is 0 Å². The normalized spacial score (nSPS) is 10.0. The summed E-state index contributed by atoms with van der Waals surface area (Å²) in [7, 11) is 0. The van der Waals surface area contributed by atoms with Crippen LogP contribution >= 0.6 is 24.8 Å². The Kier molecular flexibility index (Phi) is 7.39. The average Bonchev–Trinajstić information content (AvgIpc) is 2.88. The predicted molar refractivity (Wildman–Crippen MR) is 97.2 cm³/mol. The van der Waals surface area contributed by atoms with E-state index in [1.807, 2.05) is 0 Å². The van der Waals surface area contributed by atoms with E-state index in [9.17, 15) is 0 Å². The highest BCUT2D eigenvalue weighted by molar-refractivity contribution is 5.85. The number of fused-ring (bicyclic) bond motifs is 1. The SMILES string of the molecule is Cl.Cl.NCCc1nc2ccc(CCc3ccccc3)cc2[nH]1. The molecule has 3 rings (SSSR count). The van der Waals surface area contributed by atoms with E-state index in [4.69, 9.17) is 5.73 Å². The monoisotopic (exact) mass is 337 g/mol. The molecule has 0 saturated carbocycles. The Balaban J connectivity index is 0.00000121. The minimum Gasteiger partial charge on any atom is -0.342 e. The molecule has 5 heteroatoms. The summed E-state index contributed by atoms with van der Waals surface area (Å²) in [4.78, 5) is 7.87. The van der Waals surface area contributed by atoms with Crippen molar-refractivity contribution in [2.24, 2.45) is 5.73 Å². The van der Waals surface area contributed by atoms with E-state index in [0.717, 1.165) is 36.1 Å². The molecule has 0 aliphatic carbocycles. The van der Waals surface area contributed by atoms with Gasteiger partial charge in [0.1, 0.15) is 5.82 Å². The molecule has 3 N–H and O–H groups in total. The van der Waals surface area contributed by atoms with Crippen LogP contribution in [0.4, 0.5) is 0 Å². The van der Waals surface area contributed by atoms with Gasteiger partial charge in [-0.25, -0.2) is 4.98 Å². The molecule has 0 fully saturated rings. The van der Waals surface area contributed by atoms with Gasteiger partial charge >= 0.3 is 0 Å². The second-order valence-electron chi connectivity index (χ2n) is 5.06. The van der Waals surface area contributed by atoms with E-state index in [1.165, 1.54) is 11.1 Å². The van der Waals surface area contributed by atoms with Crippen LogP contribution in [0.25, 0.3) is 11.0 Å². The molecule has 3 aromatic rings. The smallest absolute Gasteiger partial charge is 0.108 e. The van der Waals surface area contributed by atoms with Crippen LogP contribution in [-0.2, 0) is 19.3 Å². The molecule has 0 atom stereocenters. The van der Waals surface area contributed by atoms with Gasteiger partial charge in [-0.05, 0) is 42.6 Å². The number of nitrogens with one attached hydrogen (secondary N) is 1. The van der Waals surface area contributed by atoms with Crippen molar-refractivity contribution in [2.75, 3.05) is 6.54 Å².